The van der Waals surface area contributed by atoms with Crippen molar-refractivity contribution in [3.8, 4) is 0 Å². The van der Waals surface area contributed by atoms with Crippen LogP contribution in [0.1, 0.15) is 40.0 Å². The fourth-order valence-electron chi connectivity index (χ4n) is 3.18. The average molecular weight is 332 g/mol. The molecule has 6 nitrogen and oxygen atoms in total. The summed E-state index contributed by atoms with van der Waals surface area (Å²) >= 11 is 0. The molecule has 0 N–H and O–H groups in total. The molecule has 2 rings (SSSR count). The third kappa shape index (κ3) is 4.59. The second-order valence-electron chi connectivity index (χ2n) is 7.44. The number of amides is 1. The number of likely N-dealkylation sites (N-methyl/N-ethyl adjacent to an activating group) is 1. The molecule has 0 unspecified atom stereocenters. The van der Waals surface area contributed by atoms with Crippen LogP contribution in [0, 0.1) is 0 Å². The van der Waals surface area contributed by atoms with Crippen LogP contribution in [0.15, 0.2) is 0 Å². The molecule has 0 saturated carbocycles. The number of hydrogen-bond acceptors (Lipinski definition) is 5. The highest BCUT2D eigenvalue weighted by atomic mass is 32.2. The summed E-state index contributed by atoms with van der Waals surface area (Å²) in [7, 11) is -1.10. The molecule has 2 heterocycles. The Bertz CT molecular complexity index is 512. The van der Waals surface area contributed by atoms with Gasteiger partial charge in [0.2, 0.25) is 0 Å². The Morgan fingerprint density at radius 2 is 1.95 bits per heavy atom. The lowest BCUT2D eigenvalue weighted by Crippen LogP contribution is -2.52. The van der Waals surface area contributed by atoms with Crippen molar-refractivity contribution in [3.05, 3.63) is 0 Å². The molecular weight excluding hydrogens is 304 g/mol. The van der Waals surface area contributed by atoms with Gasteiger partial charge in [-0.3, -0.25) is 4.90 Å². The van der Waals surface area contributed by atoms with Crippen molar-refractivity contribution in [1.29, 1.82) is 0 Å². The normalized spacial score (nSPS) is 29.3. The van der Waals surface area contributed by atoms with Crippen molar-refractivity contribution in [1.82, 2.24) is 9.80 Å². The lowest BCUT2D eigenvalue weighted by atomic mass is 10.0. The number of hydrogen-bond donors (Lipinski definition) is 0. The first-order valence-corrected chi connectivity index (χ1v) is 9.80. The van der Waals surface area contributed by atoms with E-state index in [9.17, 15) is 13.2 Å². The Hall–Kier alpha value is -0.820. The number of ether oxygens (including phenoxy) is 1. The van der Waals surface area contributed by atoms with Crippen molar-refractivity contribution in [3.63, 3.8) is 0 Å². The number of rotatable bonds is 2. The maximum Gasteiger partial charge on any atom is 0.410 e. The fourth-order valence-corrected chi connectivity index (χ4v) is 4.94. The second-order valence-corrected chi connectivity index (χ2v) is 9.67. The van der Waals surface area contributed by atoms with E-state index >= 15 is 0 Å². The first kappa shape index (κ1) is 17.5. The highest BCUT2D eigenvalue weighted by Gasteiger charge is 2.36. The fraction of sp³-hybridized carbons (Fsp3) is 0.933. The molecule has 0 aromatic heterocycles. The van der Waals surface area contributed by atoms with E-state index in [1.54, 1.807) is 11.9 Å². The molecule has 2 aliphatic heterocycles. The Morgan fingerprint density at radius 3 is 2.50 bits per heavy atom. The number of carbonyl (C=O) groups excluding carboxylic acids is 1. The van der Waals surface area contributed by atoms with Gasteiger partial charge in [-0.2, -0.15) is 0 Å². The van der Waals surface area contributed by atoms with Crippen LogP contribution in [-0.2, 0) is 14.6 Å². The van der Waals surface area contributed by atoms with E-state index in [0.717, 1.165) is 25.9 Å². The number of piperidine rings is 1. The topological polar surface area (TPSA) is 66.9 Å². The standard InChI is InChI=1S/C15H28N2O4S/c1-15(2,3)21-14(18)16(4)12-6-5-8-17(10-12)13-7-9-22(19,20)11-13/h12-13H,5-11H2,1-4H3/t12-,13+/m0/s1. The average Bonchev–Trinajstić information content (AvgIpc) is 2.76. The maximum atomic E-state index is 12.2. The van der Waals surface area contributed by atoms with E-state index in [1.165, 1.54) is 0 Å². The van der Waals surface area contributed by atoms with E-state index in [-0.39, 0.29) is 23.9 Å². The number of sulfone groups is 1. The highest BCUT2D eigenvalue weighted by molar-refractivity contribution is 7.91. The zero-order valence-electron chi connectivity index (χ0n) is 14.0. The number of likely N-dealkylation sites (tertiary alicyclic amines) is 1. The quantitative estimate of drug-likeness (QED) is 0.767. The molecule has 22 heavy (non-hydrogen) atoms. The largest absolute Gasteiger partial charge is 0.444 e. The van der Waals surface area contributed by atoms with Gasteiger partial charge in [-0.1, -0.05) is 0 Å². The van der Waals surface area contributed by atoms with Crippen LogP contribution < -0.4 is 0 Å². The van der Waals surface area contributed by atoms with Crippen molar-refractivity contribution in [2.75, 3.05) is 31.6 Å². The predicted molar refractivity (Wildman–Crippen MR) is 85.7 cm³/mol. The van der Waals surface area contributed by atoms with Crippen molar-refractivity contribution in [2.45, 2.75) is 57.7 Å². The summed E-state index contributed by atoms with van der Waals surface area (Å²) in [6, 6.07) is 0.201. The molecule has 2 saturated heterocycles. The predicted octanol–water partition coefficient (Wildman–Crippen LogP) is 1.50. The molecule has 0 aromatic carbocycles. The van der Waals surface area contributed by atoms with E-state index in [4.69, 9.17) is 4.74 Å². The van der Waals surface area contributed by atoms with Gasteiger partial charge in [-0.15, -0.1) is 0 Å². The van der Waals surface area contributed by atoms with Gasteiger partial charge in [0.1, 0.15) is 5.60 Å². The van der Waals surface area contributed by atoms with Crippen LogP contribution in [0.5, 0.6) is 0 Å². The first-order valence-electron chi connectivity index (χ1n) is 7.98. The van der Waals surface area contributed by atoms with Crippen LogP contribution in [0.4, 0.5) is 4.79 Å². The molecule has 0 bridgehead atoms. The molecule has 128 valence electrons. The minimum Gasteiger partial charge on any atom is -0.444 e. The van der Waals surface area contributed by atoms with Crippen molar-refractivity contribution in [2.24, 2.45) is 0 Å². The van der Waals surface area contributed by atoms with E-state index in [2.05, 4.69) is 4.90 Å². The van der Waals surface area contributed by atoms with Gasteiger partial charge in [-0.25, -0.2) is 13.2 Å². The summed E-state index contributed by atoms with van der Waals surface area (Å²) in [6.07, 6.45) is 2.32. The third-order valence-corrected chi connectivity index (χ3v) is 6.13. The van der Waals surface area contributed by atoms with Gasteiger partial charge in [0.05, 0.1) is 11.5 Å². The summed E-state index contributed by atoms with van der Waals surface area (Å²) in [5, 5.41) is 0. The monoisotopic (exact) mass is 332 g/mol. The summed E-state index contributed by atoms with van der Waals surface area (Å²) in [5.41, 5.74) is -0.501. The Balaban J connectivity index is 1.94. The zero-order valence-corrected chi connectivity index (χ0v) is 14.9. The summed E-state index contributed by atoms with van der Waals surface area (Å²) in [4.78, 5) is 16.1. The maximum absolute atomic E-state index is 12.2. The minimum atomic E-state index is -2.87. The smallest absolute Gasteiger partial charge is 0.410 e. The molecule has 1 amide bonds. The van der Waals surface area contributed by atoms with Crippen LogP contribution in [0.3, 0.4) is 0 Å². The lowest BCUT2D eigenvalue weighted by Gasteiger charge is -2.40. The van der Waals surface area contributed by atoms with Crippen molar-refractivity contribution >= 4 is 15.9 Å². The molecule has 0 radical (unpaired) electrons. The SMILES string of the molecule is CN(C(=O)OC(C)(C)C)[C@H]1CCCN([C@@H]2CCS(=O)(=O)C2)C1. The highest BCUT2D eigenvalue weighted by Crippen LogP contribution is 2.24. The molecule has 0 aromatic rings. The van der Waals surface area contributed by atoms with Gasteiger partial charge >= 0.3 is 6.09 Å². The van der Waals surface area contributed by atoms with E-state index in [1.807, 2.05) is 20.8 Å². The molecule has 2 atom stereocenters. The Morgan fingerprint density at radius 1 is 1.27 bits per heavy atom. The first-order chi connectivity index (χ1) is 10.1. The van der Waals surface area contributed by atoms with Gasteiger partial charge in [0.25, 0.3) is 0 Å². The van der Waals surface area contributed by atoms with Gasteiger partial charge in [0, 0.05) is 25.7 Å². The summed E-state index contributed by atoms with van der Waals surface area (Å²) in [6.45, 7) is 7.22. The molecule has 2 aliphatic rings. The lowest BCUT2D eigenvalue weighted by molar-refractivity contribution is 0.0108. The zero-order chi connectivity index (χ0) is 16.5. The summed E-state index contributed by atoms with van der Waals surface area (Å²) in [5.74, 6) is 0.552. The van der Waals surface area contributed by atoms with Crippen LogP contribution >= 0.6 is 0 Å². The van der Waals surface area contributed by atoms with Crippen molar-refractivity contribution < 1.29 is 17.9 Å². The van der Waals surface area contributed by atoms with E-state index < -0.39 is 15.4 Å². The molecular formula is C15H28N2O4S. The number of carbonyl (C=O) groups is 1. The third-order valence-electron chi connectivity index (χ3n) is 4.38. The molecule has 0 aliphatic carbocycles. The molecule has 7 heteroatoms. The second kappa shape index (κ2) is 6.35. The Labute approximate surface area is 133 Å². The van der Waals surface area contributed by atoms with E-state index in [0.29, 0.717) is 12.2 Å². The Kier molecular flexibility index (Phi) is 5.06. The number of nitrogens with zero attached hydrogens (tertiary/aromatic N) is 2. The summed E-state index contributed by atoms with van der Waals surface area (Å²) < 4.78 is 28.7. The molecule has 2 fully saturated rings. The molecule has 0 spiro atoms. The van der Waals surface area contributed by atoms with Gasteiger partial charge in [-0.05, 0) is 46.6 Å². The van der Waals surface area contributed by atoms with Gasteiger partial charge < -0.3 is 9.64 Å². The van der Waals surface area contributed by atoms with Crippen LogP contribution in [0.2, 0.25) is 0 Å². The van der Waals surface area contributed by atoms with Crippen LogP contribution in [-0.4, -0.2) is 73.6 Å². The van der Waals surface area contributed by atoms with Crippen LogP contribution in [0.25, 0.3) is 0 Å². The minimum absolute atomic E-state index is 0.0897. The van der Waals surface area contributed by atoms with Gasteiger partial charge in [0.15, 0.2) is 9.84 Å².